The van der Waals surface area contributed by atoms with E-state index >= 15 is 0 Å². The third-order valence-electron chi connectivity index (χ3n) is 1.57. The molecule has 1 heterocycles. The zero-order valence-corrected chi connectivity index (χ0v) is 11.0. The van der Waals surface area contributed by atoms with Gasteiger partial charge in [-0.2, -0.15) is 12.6 Å². The molecule has 1 unspecified atom stereocenters. The number of hydrogen-bond acceptors (Lipinski definition) is 4. The Kier molecular flexibility index (Phi) is 20.1. The van der Waals surface area contributed by atoms with Crippen molar-refractivity contribution < 1.29 is 20.5 Å². The molecule has 0 bridgehead atoms. The maximum Gasteiger partial charge on any atom is 2.00 e. The molecule has 0 aliphatic carbocycles. The van der Waals surface area contributed by atoms with E-state index in [0.717, 1.165) is 25.8 Å². The van der Waals surface area contributed by atoms with E-state index in [1.165, 1.54) is 0 Å². The van der Waals surface area contributed by atoms with Gasteiger partial charge < -0.3 is 21.0 Å². The summed E-state index contributed by atoms with van der Waals surface area (Å²) in [4.78, 5) is 10.4. The molecule has 1 aliphatic rings. The first kappa shape index (κ1) is 20.8. The van der Waals surface area contributed by atoms with E-state index in [1.54, 1.807) is 0 Å². The number of piperidine rings is 1. The number of thiol groups is 1. The number of hydrogen-bond donors (Lipinski definition) is 4. The van der Waals surface area contributed by atoms with Gasteiger partial charge in [0.15, 0.2) is 0 Å². The van der Waals surface area contributed by atoms with Crippen LogP contribution in [0.1, 0.15) is 19.3 Å². The summed E-state index contributed by atoms with van der Waals surface area (Å²) < 4.78 is 0. The Bertz CT molecular complexity index is 139. The first-order chi connectivity index (χ1) is 6.20. The average Bonchev–Trinajstić information content (AvgIpc) is 2.19. The zero-order chi connectivity index (χ0) is 10.1. The van der Waals surface area contributed by atoms with E-state index in [-0.39, 0.29) is 41.0 Å². The van der Waals surface area contributed by atoms with Crippen LogP contribution in [0, 0.1) is 0 Å². The van der Waals surface area contributed by atoms with Crippen molar-refractivity contribution in [3.63, 3.8) is 0 Å². The fraction of sp³-hybridized carbons (Fsp3) is 0.875. The van der Waals surface area contributed by atoms with Gasteiger partial charge in [-0.25, -0.2) is 0 Å². The van der Waals surface area contributed by atoms with Gasteiger partial charge in [0.2, 0.25) is 5.91 Å². The largest absolute Gasteiger partial charge is 2.00 e. The summed E-state index contributed by atoms with van der Waals surface area (Å²) in [7, 11) is 0. The molecule has 86 valence electrons. The Morgan fingerprint density at radius 2 is 2.07 bits per heavy atom. The predicted molar refractivity (Wildman–Crippen MR) is 60.2 cm³/mol. The van der Waals surface area contributed by atoms with Crippen molar-refractivity contribution in [2.24, 2.45) is 0 Å². The van der Waals surface area contributed by atoms with Crippen LogP contribution in [-0.4, -0.2) is 64.2 Å². The van der Waals surface area contributed by atoms with Crippen LogP contribution < -0.4 is 5.32 Å². The summed E-state index contributed by atoms with van der Waals surface area (Å²) in [5.74, 6) is 0.544. The summed E-state index contributed by atoms with van der Waals surface area (Å²) in [5, 5.41) is 19.1. The van der Waals surface area contributed by atoms with Crippen molar-refractivity contribution in [2.75, 3.05) is 18.9 Å². The van der Waals surface area contributed by atoms with Crippen LogP contribution >= 0.6 is 12.6 Å². The van der Waals surface area contributed by atoms with Crippen molar-refractivity contribution in [3.05, 3.63) is 0 Å². The van der Waals surface area contributed by atoms with Crippen LogP contribution in [0.25, 0.3) is 0 Å². The predicted octanol–water partition coefficient (Wildman–Crippen LogP) is -0.944. The normalized spacial score (nSPS) is 15.8. The third kappa shape index (κ3) is 14.5. The fourth-order valence-corrected chi connectivity index (χ4v) is 0.900. The van der Waals surface area contributed by atoms with Crippen molar-refractivity contribution in [1.29, 1.82) is 0 Å². The van der Waals surface area contributed by atoms with Gasteiger partial charge in [0.25, 0.3) is 0 Å². The molecule has 1 amide bonds. The van der Waals surface area contributed by atoms with Crippen LogP contribution in [-0.2, 0) is 10.3 Å². The minimum Gasteiger partial charge on any atom is -2.00 e. The number of aliphatic hydroxyl groups excluding tert-OH is 2. The Morgan fingerprint density at radius 3 is 2.20 bits per heavy atom. The second kappa shape index (κ2) is 14.5. The molecule has 1 atom stereocenters. The molecule has 3 N–H and O–H groups in total. The first-order valence-corrected chi connectivity index (χ1v) is 5.00. The van der Waals surface area contributed by atoms with Crippen LogP contribution in [0.2, 0.25) is 0 Å². The average molecular weight is 248 g/mol. The van der Waals surface area contributed by atoms with E-state index < -0.39 is 6.10 Å². The van der Waals surface area contributed by atoms with Gasteiger partial charge in [-0.1, -0.05) is 0 Å². The number of carbonyl (C=O) groups excluding carboxylic acids is 1. The van der Waals surface area contributed by atoms with Crippen LogP contribution in [0.15, 0.2) is 0 Å². The SMILES string of the molecule is O=C1CCCCN1.OCC(O)CS.[Mg+2].[O-2]. The molecule has 0 aromatic heterocycles. The van der Waals surface area contributed by atoms with E-state index in [9.17, 15) is 4.79 Å². The van der Waals surface area contributed by atoms with Gasteiger partial charge >= 0.3 is 23.1 Å². The Hall–Kier alpha value is 0.466. The van der Waals surface area contributed by atoms with E-state index in [2.05, 4.69) is 17.9 Å². The number of carbonyl (C=O) groups is 1. The van der Waals surface area contributed by atoms with Crippen LogP contribution in [0.4, 0.5) is 0 Å². The zero-order valence-electron chi connectivity index (χ0n) is 8.69. The standard InChI is InChI=1S/C5H9NO.C3H8O2S.Mg.O/c7-5-3-1-2-4-6-5;4-1-3(5)2-6;;/h1-4H2,(H,6,7);3-6H,1-2H2;;/q;;+2;-2. The van der Waals surface area contributed by atoms with Crippen LogP contribution in [0.5, 0.6) is 0 Å². The Balaban J connectivity index is -0.000000172. The second-order valence-corrected chi connectivity index (χ2v) is 3.19. The van der Waals surface area contributed by atoms with Gasteiger partial charge in [0.05, 0.1) is 12.7 Å². The quantitative estimate of drug-likeness (QED) is 0.374. The van der Waals surface area contributed by atoms with Crippen molar-refractivity contribution in [1.82, 2.24) is 5.32 Å². The maximum absolute atomic E-state index is 10.4. The molecule has 1 saturated heterocycles. The summed E-state index contributed by atoms with van der Waals surface area (Å²) in [5.41, 5.74) is 0. The second-order valence-electron chi connectivity index (χ2n) is 2.83. The fourth-order valence-electron chi connectivity index (χ4n) is 0.784. The van der Waals surface area contributed by atoms with Gasteiger partial charge in [-0.15, -0.1) is 0 Å². The van der Waals surface area contributed by atoms with E-state index in [4.69, 9.17) is 10.2 Å². The molecule has 1 rings (SSSR count). The third-order valence-corrected chi connectivity index (χ3v) is 2.00. The van der Waals surface area contributed by atoms with Crippen molar-refractivity contribution in [2.45, 2.75) is 25.4 Å². The topological polar surface area (TPSA) is 98.1 Å². The molecule has 0 radical (unpaired) electrons. The monoisotopic (exact) mass is 247 g/mol. The summed E-state index contributed by atoms with van der Waals surface area (Å²) in [6.07, 6.45) is 2.32. The first-order valence-electron chi connectivity index (χ1n) is 4.37. The van der Waals surface area contributed by atoms with E-state index in [0.29, 0.717) is 5.75 Å². The number of rotatable bonds is 2. The Labute approximate surface area is 111 Å². The molecule has 1 fully saturated rings. The molecular formula is C8H17MgNO4S. The van der Waals surface area contributed by atoms with Crippen LogP contribution in [0.3, 0.4) is 0 Å². The smallest absolute Gasteiger partial charge is 2.00 e. The molecule has 0 spiro atoms. The van der Waals surface area contributed by atoms with Gasteiger partial charge in [0.1, 0.15) is 0 Å². The molecular weight excluding hydrogens is 230 g/mol. The van der Waals surface area contributed by atoms with Gasteiger partial charge in [-0.3, -0.25) is 4.79 Å². The molecule has 7 heteroatoms. The summed E-state index contributed by atoms with van der Waals surface area (Å²) >= 11 is 3.69. The molecule has 15 heavy (non-hydrogen) atoms. The minimum atomic E-state index is -0.645. The minimum absolute atomic E-state index is 0. The maximum atomic E-state index is 10.4. The molecule has 0 saturated carbocycles. The molecule has 1 aliphatic heterocycles. The Morgan fingerprint density at radius 1 is 1.47 bits per heavy atom. The molecule has 0 aromatic carbocycles. The molecule has 5 nitrogen and oxygen atoms in total. The number of nitrogens with one attached hydrogen (secondary N) is 1. The van der Waals surface area contributed by atoms with Crippen molar-refractivity contribution >= 4 is 41.6 Å². The number of aliphatic hydroxyl groups is 2. The molecule has 0 aromatic rings. The summed E-state index contributed by atoms with van der Waals surface area (Å²) in [6, 6.07) is 0. The van der Waals surface area contributed by atoms with Gasteiger partial charge in [-0.05, 0) is 12.8 Å². The van der Waals surface area contributed by atoms with Crippen molar-refractivity contribution in [3.8, 4) is 0 Å². The van der Waals surface area contributed by atoms with E-state index in [1.807, 2.05) is 0 Å². The van der Waals surface area contributed by atoms with Gasteiger partial charge in [0, 0.05) is 18.7 Å². The summed E-state index contributed by atoms with van der Waals surface area (Å²) in [6.45, 7) is 0.697. The number of amides is 1.